The van der Waals surface area contributed by atoms with Gasteiger partial charge >= 0.3 is 0 Å². The molecular weight excluding hydrogens is 262 g/mol. The van der Waals surface area contributed by atoms with Gasteiger partial charge in [-0.05, 0) is 50.3 Å². The summed E-state index contributed by atoms with van der Waals surface area (Å²) in [5.41, 5.74) is 1.24. The summed E-state index contributed by atoms with van der Waals surface area (Å²) >= 11 is 0. The number of hydrogen-bond donors (Lipinski definition) is 2. The van der Waals surface area contributed by atoms with Gasteiger partial charge in [0.15, 0.2) is 0 Å². The minimum atomic E-state index is -0.0995. The van der Waals surface area contributed by atoms with Crippen molar-refractivity contribution >= 4 is 5.82 Å². The molecule has 0 spiro atoms. The number of aliphatic hydroxyl groups is 1. The predicted octanol–water partition coefficient (Wildman–Crippen LogP) is 2.35. The molecule has 0 bridgehead atoms. The van der Waals surface area contributed by atoms with Crippen LogP contribution in [0.2, 0.25) is 0 Å². The van der Waals surface area contributed by atoms with E-state index in [9.17, 15) is 5.11 Å². The number of nitrogens with zero attached hydrogens (tertiary/aromatic N) is 2. The molecule has 3 rings (SSSR count). The Labute approximate surface area is 127 Å². The van der Waals surface area contributed by atoms with Crippen LogP contribution in [0.3, 0.4) is 0 Å². The molecular formula is C17H27N3O. The van der Waals surface area contributed by atoms with Crippen molar-refractivity contribution in [3.63, 3.8) is 0 Å². The fraction of sp³-hybridized carbons (Fsp3) is 0.706. The first kappa shape index (κ1) is 14.8. The van der Waals surface area contributed by atoms with E-state index in [2.05, 4.69) is 41.2 Å². The number of pyridine rings is 1. The number of aromatic nitrogens is 1. The highest BCUT2D eigenvalue weighted by Crippen LogP contribution is 2.39. The highest BCUT2D eigenvalue weighted by molar-refractivity contribution is 5.41. The zero-order valence-electron chi connectivity index (χ0n) is 13.1. The molecule has 1 aliphatic heterocycles. The summed E-state index contributed by atoms with van der Waals surface area (Å²) in [5, 5.41) is 13.5. The standard InChI is InChI=1S/C17H27N3O/c1-3-8-18-12(2)13-5-7-17(19-9-13)20-10-14-4-6-16(21)15(14)11-20/h5,7,9,12,14-16,18,21H,3-4,6,8,10-11H2,1-2H3. The Morgan fingerprint density at radius 1 is 1.38 bits per heavy atom. The Hall–Kier alpha value is -1.13. The SMILES string of the molecule is CCCNC(C)c1ccc(N2CC3CCC(O)C3C2)nc1. The van der Waals surface area contributed by atoms with Gasteiger partial charge in [0.05, 0.1) is 6.10 Å². The monoisotopic (exact) mass is 289 g/mol. The van der Waals surface area contributed by atoms with Gasteiger partial charge in [-0.3, -0.25) is 0 Å². The molecule has 2 aliphatic rings. The molecule has 0 radical (unpaired) electrons. The zero-order chi connectivity index (χ0) is 14.8. The first-order valence-corrected chi connectivity index (χ1v) is 8.31. The average molecular weight is 289 g/mol. The van der Waals surface area contributed by atoms with Crippen LogP contribution in [0.15, 0.2) is 18.3 Å². The minimum absolute atomic E-state index is 0.0995. The molecule has 0 amide bonds. The van der Waals surface area contributed by atoms with Crippen LogP contribution in [0.25, 0.3) is 0 Å². The molecule has 4 nitrogen and oxygen atoms in total. The van der Waals surface area contributed by atoms with Crippen LogP contribution in [-0.2, 0) is 0 Å². The molecule has 1 saturated carbocycles. The van der Waals surface area contributed by atoms with Crippen LogP contribution < -0.4 is 10.2 Å². The Morgan fingerprint density at radius 3 is 2.90 bits per heavy atom. The molecule has 21 heavy (non-hydrogen) atoms. The van der Waals surface area contributed by atoms with Crippen molar-refractivity contribution in [2.45, 2.75) is 45.3 Å². The van der Waals surface area contributed by atoms with E-state index in [4.69, 9.17) is 0 Å². The maximum atomic E-state index is 10.0. The van der Waals surface area contributed by atoms with Gasteiger partial charge in [-0.2, -0.15) is 0 Å². The van der Waals surface area contributed by atoms with Crippen molar-refractivity contribution in [2.75, 3.05) is 24.5 Å². The second-order valence-corrected chi connectivity index (χ2v) is 6.60. The van der Waals surface area contributed by atoms with Gasteiger partial charge in [-0.25, -0.2) is 4.98 Å². The third kappa shape index (κ3) is 3.06. The van der Waals surface area contributed by atoms with Crippen LogP contribution in [0.1, 0.15) is 44.7 Å². The second-order valence-electron chi connectivity index (χ2n) is 6.60. The minimum Gasteiger partial charge on any atom is -0.393 e. The molecule has 1 aromatic rings. The van der Waals surface area contributed by atoms with Crippen molar-refractivity contribution in [1.29, 1.82) is 0 Å². The summed E-state index contributed by atoms with van der Waals surface area (Å²) in [4.78, 5) is 6.99. The second kappa shape index (κ2) is 6.32. The first-order valence-electron chi connectivity index (χ1n) is 8.31. The fourth-order valence-electron chi connectivity index (χ4n) is 3.74. The molecule has 2 N–H and O–H groups in total. The molecule has 1 aliphatic carbocycles. The number of aliphatic hydroxyl groups excluding tert-OH is 1. The summed E-state index contributed by atoms with van der Waals surface area (Å²) in [6, 6.07) is 4.67. The highest BCUT2D eigenvalue weighted by Gasteiger charge is 2.42. The van der Waals surface area contributed by atoms with Gasteiger partial charge in [0.25, 0.3) is 0 Å². The topological polar surface area (TPSA) is 48.4 Å². The van der Waals surface area contributed by atoms with Crippen molar-refractivity contribution in [3.8, 4) is 0 Å². The first-order chi connectivity index (χ1) is 10.2. The van der Waals surface area contributed by atoms with Gasteiger partial charge < -0.3 is 15.3 Å². The number of rotatable bonds is 5. The van der Waals surface area contributed by atoms with E-state index in [-0.39, 0.29) is 6.10 Å². The van der Waals surface area contributed by atoms with E-state index in [1.807, 2.05) is 6.20 Å². The summed E-state index contributed by atoms with van der Waals surface area (Å²) < 4.78 is 0. The Morgan fingerprint density at radius 2 is 2.24 bits per heavy atom. The molecule has 1 aromatic heterocycles. The summed E-state index contributed by atoms with van der Waals surface area (Å²) in [5.74, 6) is 2.17. The summed E-state index contributed by atoms with van der Waals surface area (Å²) in [6.07, 6.45) is 5.19. The average Bonchev–Trinajstić information content (AvgIpc) is 3.07. The summed E-state index contributed by atoms with van der Waals surface area (Å²) in [7, 11) is 0. The molecule has 116 valence electrons. The number of fused-ring (bicyclic) bond motifs is 1. The third-order valence-corrected chi connectivity index (χ3v) is 5.11. The lowest BCUT2D eigenvalue weighted by atomic mass is 10.00. The van der Waals surface area contributed by atoms with Crippen LogP contribution in [0.4, 0.5) is 5.82 Å². The number of hydrogen-bond acceptors (Lipinski definition) is 4. The zero-order valence-corrected chi connectivity index (χ0v) is 13.1. The van der Waals surface area contributed by atoms with Gasteiger partial charge in [0, 0.05) is 31.2 Å². The number of nitrogens with one attached hydrogen (secondary N) is 1. The van der Waals surface area contributed by atoms with E-state index in [0.29, 0.717) is 17.9 Å². The maximum absolute atomic E-state index is 10.0. The molecule has 4 heteroatoms. The van der Waals surface area contributed by atoms with Crippen molar-refractivity contribution in [1.82, 2.24) is 10.3 Å². The van der Waals surface area contributed by atoms with E-state index >= 15 is 0 Å². The molecule has 2 heterocycles. The molecule has 4 unspecified atom stereocenters. The molecule has 2 fully saturated rings. The summed E-state index contributed by atoms with van der Waals surface area (Å²) in [6.45, 7) is 7.42. The van der Waals surface area contributed by atoms with Gasteiger partial charge in [0.2, 0.25) is 0 Å². The van der Waals surface area contributed by atoms with E-state index in [0.717, 1.165) is 38.3 Å². The van der Waals surface area contributed by atoms with E-state index in [1.54, 1.807) is 0 Å². The quantitative estimate of drug-likeness (QED) is 0.873. The lowest BCUT2D eigenvalue weighted by Crippen LogP contribution is -2.25. The molecule has 0 aromatic carbocycles. The van der Waals surface area contributed by atoms with Crippen molar-refractivity contribution < 1.29 is 5.11 Å². The van der Waals surface area contributed by atoms with Crippen LogP contribution >= 0.6 is 0 Å². The molecule has 4 atom stereocenters. The highest BCUT2D eigenvalue weighted by atomic mass is 16.3. The van der Waals surface area contributed by atoms with Crippen LogP contribution in [-0.4, -0.2) is 35.8 Å². The lowest BCUT2D eigenvalue weighted by molar-refractivity contribution is 0.133. The van der Waals surface area contributed by atoms with E-state index in [1.165, 1.54) is 12.0 Å². The van der Waals surface area contributed by atoms with Crippen LogP contribution in [0, 0.1) is 11.8 Å². The van der Waals surface area contributed by atoms with E-state index < -0.39 is 0 Å². The lowest BCUT2D eigenvalue weighted by Gasteiger charge is -2.20. The maximum Gasteiger partial charge on any atom is 0.128 e. The normalized spacial score (nSPS) is 29.7. The predicted molar refractivity (Wildman–Crippen MR) is 85.4 cm³/mol. The smallest absolute Gasteiger partial charge is 0.128 e. The largest absolute Gasteiger partial charge is 0.393 e. The number of anilines is 1. The van der Waals surface area contributed by atoms with Gasteiger partial charge in [0.1, 0.15) is 5.82 Å². The fourth-order valence-corrected chi connectivity index (χ4v) is 3.74. The molecule has 1 saturated heterocycles. The Balaban J connectivity index is 1.62. The van der Waals surface area contributed by atoms with Gasteiger partial charge in [-0.1, -0.05) is 13.0 Å². The van der Waals surface area contributed by atoms with Crippen molar-refractivity contribution in [3.05, 3.63) is 23.9 Å². The van der Waals surface area contributed by atoms with Crippen molar-refractivity contribution in [2.24, 2.45) is 11.8 Å². The van der Waals surface area contributed by atoms with Gasteiger partial charge in [-0.15, -0.1) is 0 Å². The van der Waals surface area contributed by atoms with Crippen LogP contribution in [0.5, 0.6) is 0 Å². The Bertz CT molecular complexity index is 462. The Kier molecular flexibility index (Phi) is 4.45. The third-order valence-electron chi connectivity index (χ3n) is 5.11.